The Morgan fingerprint density at radius 2 is 1.60 bits per heavy atom. The molecule has 6 nitrogen and oxygen atoms in total. The maximum Gasteiger partial charge on any atom is 0.323 e. The maximum absolute atomic E-state index is 12.8. The van der Waals surface area contributed by atoms with E-state index < -0.39 is 24.4 Å². The standard InChI is InChI=1S/C12H21NO2.C8H13F2NO2.C2H6/c1-2-15-12(14)11-7-9-5-3-4-6-10(9)8-13-11;1-3-13-7(12)6-4-8(9,10)5-11(6)2;1-2/h9-11,13H,2-8H2,1H3;6H,3-5H2,1-2H3;1-2H3. The Labute approximate surface area is 180 Å². The molecule has 1 aliphatic carbocycles. The zero-order valence-electron chi connectivity index (χ0n) is 19.2. The van der Waals surface area contributed by atoms with Gasteiger partial charge in [-0.15, -0.1) is 0 Å². The molecule has 0 aromatic heterocycles. The molecule has 1 N–H and O–H groups in total. The number of hydrogen-bond donors (Lipinski definition) is 1. The van der Waals surface area contributed by atoms with Gasteiger partial charge in [-0.25, -0.2) is 8.78 Å². The second-order valence-electron chi connectivity index (χ2n) is 8.00. The molecule has 2 saturated heterocycles. The number of halogens is 2. The predicted molar refractivity (Wildman–Crippen MR) is 112 cm³/mol. The Morgan fingerprint density at radius 3 is 2.13 bits per heavy atom. The van der Waals surface area contributed by atoms with Gasteiger partial charge < -0.3 is 14.8 Å². The molecule has 1 saturated carbocycles. The molecule has 3 fully saturated rings. The molecule has 0 amide bonds. The van der Waals surface area contributed by atoms with Crippen LogP contribution in [0.4, 0.5) is 8.78 Å². The smallest absolute Gasteiger partial charge is 0.323 e. The molecule has 8 heteroatoms. The number of nitrogens with one attached hydrogen (secondary N) is 1. The minimum atomic E-state index is -2.76. The Morgan fingerprint density at radius 1 is 1.03 bits per heavy atom. The Kier molecular flexibility index (Phi) is 11.8. The number of fused-ring (bicyclic) bond motifs is 1. The summed E-state index contributed by atoms with van der Waals surface area (Å²) in [5.74, 6) is -1.80. The fourth-order valence-corrected chi connectivity index (χ4v) is 4.45. The van der Waals surface area contributed by atoms with E-state index >= 15 is 0 Å². The summed E-state index contributed by atoms with van der Waals surface area (Å²) in [4.78, 5) is 24.1. The number of likely N-dealkylation sites (N-methyl/N-ethyl adjacent to an activating group) is 1. The van der Waals surface area contributed by atoms with E-state index in [9.17, 15) is 18.4 Å². The molecule has 2 heterocycles. The van der Waals surface area contributed by atoms with Crippen molar-refractivity contribution >= 4 is 11.9 Å². The molecule has 0 bridgehead atoms. The Balaban J connectivity index is 0.000000280. The van der Waals surface area contributed by atoms with E-state index in [2.05, 4.69) is 10.1 Å². The van der Waals surface area contributed by atoms with Crippen LogP contribution in [0.5, 0.6) is 0 Å². The van der Waals surface area contributed by atoms with Crippen LogP contribution in [0.25, 0.3) is 0 Å². The topological polar surface area (TPSA) is 67.9 Å². The summed E-state index contributed by atoms with van der Waals surface area (Å²) >= 11 is 0. The van der Waals surface area contributed by atoms with Crippen LogP contribution in [0, 0.1) is 11.8 Å². The molecule has 4 atom stereocenters. The number of carbonyl (C=O) groups is 2. The third-order valence-electron chi connectivity index (χ3n) is 5.87. The van der Waals surface area contributed by atoms with Gasteiger partial charge >= 0.3 is 11.9 Å². The molecule has 4 unspecified atom stereocenters. The monoisotopic (exact) mass is 434 g/mol. The summed E-state index contributed by atoms with van der Waals surface area (Å²) in [6.45, 7) is 8.89. The van der Waals surface area contributed by atoms with Crippen LogP contribution in [0.1, 0.15) is 66.2 Å². The third kappa shape index (κ3) is 8.10. The lowest BCUT2D eigenvalue weighted by Gasteiger charge is -2.39. The first kappa shape index (κ1) is 26.8. The van der Waals surface area contributed by atoms with Crippen LogP contribution in [0.15, 0.2) is 0 Å². The van der Waals surface area contributed by atoms with Crippen LogP contribution < -0.4 is 5.32 Å². The van der Waals surface area contributed by atoms with Crippen molar-refractivity contribution in [2.75, 3.05) is 33.4 Å². The van der Waals surface area contributed by atoms with E-state index in [0.29, 0.717) is 6.61 Å². The number of hydrogen-bond acceptors (Lipinski definition) is 6. The first-order valence-electron chi connectivity index (χ1n) is 11.4. The van der Waals surface area contributed by atoms with Crippen molar-refractivity contribution in [2.45, 2.75) is 84.2 Å². The Bertz CT molecular complexity index is 533. The number of rotatable bonds is 4. The molecule has 3 rings (SSSR count). The van der Waals surface area contributed by atoms with Crippen LogP contribution in [-0.2, 0) is 19.1 Å². The quantitative estimate of drug-likeness (QED) is 0.682. The van der Waals surface area contributed by atoms with Crippen molar-refractivity contribution in [2.24, 2.45) is 11.8 Å². The number of alkyl halides is 2. The lowest BCUT2D eigenvalue weighted by Crippen LogP contribution is -2.49. The predicted octanol–water partition coefficient (Wildman–Crippen LogP) is 3.63. The fraction of sp³-hybridized carbons (Fsp3) is 0.909. The van der Waals surface area contributed by atoms with Gasteiger partial charge in [-0.1, -0.05) is 33.1 Å². The highest BCUT2D eigenvalue weighted by molar-refractivity contribution is 5.76. The largest absolute Gasteiger partial charge is 0.465 e. The van der Waals surface area contributed by atoms with Gasteiger partial charge in [-0.05, 0) is 52.1 Å². The number of likely N-dealkylation sites (tertiary alicyclic amines) is 1. The summed E-state index contributed by atoms with van der Waals surface area (Å²) in [6, 6.07) is -0.820. The molecule has 176 valence electrons. The van der Waals surface area contributed by atoms with Crippen molar-refractivity contribution in [1.82, 2.24) is 10.2 Å². The first-order chi connectivity index (χ1) is 14.3. The lowest BCUT2D eigenvalue weighted by atomic mass is 9.74. The number of piperidine rings is 1. The van der Waals surface area contributed by atoms with Gasteiger partial charge in [0.25, 0.3) is 5.92 Å². The van der Waals surface area contributed by atoms with Gasteiger partial charge in [0.15, 0.2) is 0 Å². The second kappa shape index (κ2) is 13.2. The van der Waals surface area contributed by atoms with Gasteiger partial charge in [-0.2, -0.15) is 0 Å². The van der Waals surface area contributed by atoms with Gasteiger partial charge in [-0.3, -0.25) is 14.5 Å². The number of carbonyl (C=O) groups excluding carboxylic acids is 2. The fourth-order valence-electron chi connectivity index (χ4n) is 4.45. The van der Waals surface area contributed by atoms with Crippen molar-refractivity contribution in [3.8, 4) is 0 Å². The van der Waals surface area contributed by atoms with Crippen molar-refractivity contribution in [1.29, 1.82) is 0 Å². The molecule has 0 radical (unpaired) electrons. The third-order valence-corrected chi connectivity index (χ3v) is 5.87. The van der Waals surface area contributed by atoms with E-state index in [1.165, 1.54) is 37.6 Å². The summed E-state index contributed by atoms with van der Waals surface area (Å²) < 4.78 is 35.3. The van der Waals surface area contributed by atoms with Gasteiger partial charge in [0.2, 0.25) is 0 Å². The van der Waals surface area contributed by atoms with Gasteiger partial charge in [0.1, 0.15) is 12.1 Å². The summed E-state index contributed by atoms with van der Waals surface area (Å²) in [6.07, 6.45) is 5.92. The normalized spacial score (nSPS) is 30.0. The summed E-state index contributed by atoms with van der Waals surface area (Å²) in [7, 11) is 1.50. The Hall–Kier alpha value is -1.28. The van der Waals surface area contributed by atoms with E-state index in [-0.39, 0.29) is 25.2 Å². The van der Waals surface area contributed by atoms with Crippen molar-refractivity contribution in [3.05, 3.63) is 0 Å². The zero-order chi connectivity index (χ0) is 22.7. The molecular formula is C22H40F2N2O4. The van der Waals surface area contributed by atoms with Crippen LogP contribution in [-0.4, -0.2) is 68.2 Å². The highest BCUT2D eigenvalue weighted by Crippen LogP contribution is 2.35. The molecule has 3 aliphatic rings. The molecule has 0 aromatic carbocycles. The minimum absolute atomic E-state index is 0.0377. The maximum atomic E-state index is 12.8. The van der Waals surface area contributed by atoms with E-state index in [0.717, 1.165) is 24.8 Å². The highest BCUT2D eigenvalue weighted by Gasteiger charge is 2.46. The van der Waals surface area contributed by atoms with Gasteiger partial charge in [0.05, 0.1) is 19.8 Å². The van der Waals surface area contributed by atoms with Crippen LogP contribution in [0.3, 0.4) is 0 Å². The second-order valence-corrected chi connectivity index (χ2v) is 8.00. The lowest BCUT2D eigenvalue weighted by molar-refractivity contribution is -0.148. The first-order valence-corrected chi connectivity index (χ1v) is 11.4. The van der Waals surface area contributed by atoms with Crippen molar-refractivity contribution in [3.63, 3.8) is 0 Å². The zero-order valence-corrected chi connectivity index (χ0v) is 19.2. The molecule has 30 heavy (non-hydrogen) atoms. The van der Waals surface area contributed by atoms with E-state index in [1.807, 2.05) is 20.8 Å². The van der Waals surface area contributed by atoms with Crippen LogP contribution in [0.2, 0.25) is 0 Å². The number of nitrogens with zero attached hydrogens (tertiary/aromatic N) is 1. The van der Waals surface area contributed by atoms with E-state index in [1.54, 1.807) is 6.92 Å². The average Bonchev–Trinajstić information content (AvgIpc) is 3.02. The van der Waals surface area contributed by atoms with E-state index in [4.69, 9.17) is 4.74 Å². The van der Waals surface area contributed by atoms with Crippen LogP contribution >= 0.6 is 0 Å². The molecule has 0 aromatic rings. The van der Waals surface area contributed by atoms with Crippen molar-refractivity contribution < 1.29 is 27.8 Å². The molecular weight excluding hydrogens is 394 g/mol. The highest BCUT2D eigenvalue weighted by atomic mass is 19.3. The molecule has 0 spiro atoms. The molecule has 2 aliphatic heterocycles. The summed E-state index contributed by atoms with van der Waals surface area (Å²) in [5, 5.41) is 3.33. The number of esters is 2. The minimum Gasteiger partial charge on any atom is -0.465 e. The van der Waals surface area contributed by atoms with Gasteiger partial charge in [0, 0.05) is 6.42 Å². The SMILES string of the molecule is CC.CCOC(=O)C1CC(F)(F)CN1C.CCOC(=O)C1CC2CCCCC2CN1. The summed E-state index contributed by atoms with van der Waals surface area (Å²) in [5.41, 5.74) is 0. The average molecular weight is 435 g/mol. The number of ether oxygens (including phenoxy) is 2.